The van der Waals surface area contributed by atoms with Gasteiger partial charge in [-0.05, 0) is 0 Å². The molecule has 0 N–H and O–H groups in total. The zero-order chi connectivity index (χ0) is 6.69. The molecule has 0 spiro atoms. The van der Waals surface area contributed by atoms with Gasteiger partial charge in [0.05, 0.1) is 0 Å². The van der Waals surface area contributed by atoms with Gasteiger partial charge in [-0.15, -0.1) is 0 Å². The van der Waals surface area contributed by atoms with Gasteiger partial charge in [0, 0.05) is 0 Å². The van der Waals surface area contributed by atoms with Gasteiger partial charge in [0.15, 0.2) is 0 Å². The van der Waals surface area contributed by atoms with E-state index >= 15 is 0 Å². The summed E-state index contributed by atoms with van der Waals surface area (Å²) in [5, 5.41) is 16.7. The third-order valence-corrected chi connectivity index (χ3v) is 2.59. The molecule has 0 aliphatic heterocycles. The van der Waals surface area contributed by atoms with Crippen molar-refractivity contribution in [3.8, 4) is 12.1 Å². The molecule has 3 heteroatoms. The predicted octanol–water partition coefficient (Wildman–Crippen LogP) is 0.487. The third kappa shape index (κ3) is 1.21. The Morgan fingerprint density at radius 2 is 2.11 bits per heavy atom. The van der Waals surface area contributed by atoms with Gasteiger partial charge < -0.3 is 0 Å². The Kier molecular flexibility index (Phi) is 1.70. The Morgan fingerprint density at radius 3 is 2.44 bits per heavy atom. The van der Waals surface area contributed by atoms with Crippen molar-refractivity contribution >= 4 is 14.5 Å². The molecule has 1 heterocycles. The molecule has 0 saturated carbocycles. The molecular weight excluding hydrogens is 179 g/mol. The summed E-state index contributed by atoms with van der Waals surface area (Å²) in [4.78, 5) is 1.81. The van der Waals surface area contributed by atoms with E-state index in [0.29, 0.717) is 5.56 Å². The van der Waals surface area contributed by atoms with Crippen LogP contribution in [-0.4, -0.2) is 14.5 Å². The first kappa shape index (κ1) is 6.10. The normalized spacial score (nSPS) is 7.78. The van der Waals surface area contributed by atoms with Crippen molar-refractivity contribution in [3.63, 3.8) is 0 Å². The average Bonchev–Trinajstić information content (AvgIpc) is 2.34. The summed E-state index contributed by atoms with van der Waals surface area (Å²) < 4.78 is 0.735. The third-order valence-electron chi connectivity index (χ3n) is 0.839. The molecule has 2 nitrogen and oxygen atoms in total. The number of rotatable bonds is 0. The molecule has 9 heavy (non-hydrogen) atoms. The van der Waals surface area contributed by atoms with Crippen molar-refractivity contribution in [2.45, 2.75) is 0 Å². The van der Waals surface area contributed by atoms with Crippen LogP contribution in [0.25, 0.3) is 0 Å². The zero-order valence-corrected chi connectivity index (χ0v) is 6.17. The van der Waals surface area contributed by atoms with Crippen LogP contribution in [0.15, 0.2) is 11.0 Å². The van der Waals surface area contributed by atoms with E-state index in [1.54, 1.807) is 6.07 Å². The summed E-state index contributed by atoms with van der Waals surface area (Å²) in [6.45, 7) is 0. The van der Waals surface area contributed by atoms with E-state index in [9.17, 15) is 0 Å². The first-order valence-electron chi connectivity index (χ1n) is 2.25. The van der Waals surface area contributed by atoms with Crippen LogP contribution >= 0.6 is 0 Å². The number of nitrogens with zero attached hydrogens (tertiary/aromatic N) is 2. The topological polar surface area (TPSA) is 47.6 Å². The van der Waals surface area contributed by atoms with Crippen LogP contribution in [-0.2, 0) is 0 Å². The van der Waals surface area contributed by atoms with E-state index in [-0.39, 0.29) is 14.5 Å². The van der Waals surface area contributed by atoms with Crippen LogP contribution in [0.2, 0.25) is 0 Å². The summed E-state index contributed by atoms with van der Waals surface area (Å²) in [6, 6.07) is 5.63. The van der Waals surface area contributed by atoms with Gasteiger partial charge in [0.25, 0.3) is 0 Å². The summed E-state index contributed by atoms with van der Waals surface area (Å²) in [7, 11) is 0. The van der Waals surface area contributed by atoms with E-state index in [1.165, 1.54) is 0 Å². The molecule has 0 aliphatic rings. The second-order valence-electron chi connectivity index (χ2n) is 1.42. The number of hydrogen-bond donors (Lipinski definition) is 0. The molecule has 1 aromatic heterocycles. The minimum atomic E-state index is 0.125. The Labute approximate surface area is 58.7 Å². The molecule has 0 amide bonds. The van der Waals surface area contributed by atoms with Gasteiger partial charge in [0.2, 0.25) is 0 Å². The SMILES string of the molecule is N#Cc1c[se]c(C#N)c1. The van der Waals surface area contributed by atoms with Crippen LogP contribution in [0, 0.1) is 22.7 Å². The van der Waals surface area contributed by atoms with Gasteiger partial charge in [-0.1, -0.05) is 0 Å². The first-order valence-corrected chi connectivity index (χ1v) is 4.10. The van der Waals surface area contributed by atoms with Gasteiger partial charge in [-0.2, -0.15) is 0 Å². The maximum absolute atomic E-state index is 8.33. The van der Waals surface area contributed by atoms with E-state index in [2.05, 4.69) is 0 Å². The van der Waals surface area contributed by atoms with Crippen LogP contribution in [0.3, 0.4) is 0 Å². The Hall–Kier alpha value is -1.02. The molecule has 0 saturated heterocycles. The minimum absolute atomic E-state index is 0.125. The maximum atomic E-state index is 8.33. The van der Waals surface area contributed by atoms with E-state index in [4.69, 9.17) is 10.5 Å². The van der Waals surface area contributed by atoms with Crippen molar-refractivity contribution in [1.82, 2.24) is 0 Å². The van der Waals surface area contributed by atoms with Gasteiger partial charge in [0.1, 0.15) is 0 Å². The van der Waals surface area contributed by atoms with E-state index in [0.717, 1.165) is 4.44 Å². The molecule has 0 fully saturated rings. The zero-order valence-electron chi connectivity index (χ0n) is 4.46. The molecule has 0 bridgehead atoms. The molecular formula is C6H2N2Se. The fourth-order valence-electron chi connectivity index (χ4n) is 0.453. The average molecular weight is 181 g/mol. The second-order valence-corrected chi connectivity index (χ2v) is 3.34. The molecule has 42 valence electrons. The monoisotopic (exact) mass is 182 g/mol. The van der Waals surface area contributed by atoms with Crippen molar-refractivity contribution in [2.24, 2.45) is 0 Å². The van der Waals surface area contributed by atoms with Crippen LogP contribution in [0.4, 0.5) is 0 Å². The van der Waals surface area contributed by atoms with Crippen molar-refractivity contribution in [1.29, 1.82) is 10.5 Å². The fraction of sp³-hybridized carbons (Fsp3) is 0. The molecule has 0 aromatic carbocycles. The van der Waals surface area contributed by atoms with Crippen LogP contribution < -0.4 is 0 Å². The van der Waals surface area contributed by atoms with E-state index in [1.807, 2.05) is 17.1 Å². The quantitative estimate of drug-likeness (QED) is 0.546. The van der Waals surface area contributed by atoms with Gasteiger partial charge >= 0.3 is 58.2 Å². The van der Waals surface area contributed by atoms with Crippen molar-refractivity contribution in [3.05, 3.63) is 21.0 Å². The number of hydrogen-bond acceptors (Lipinski definition) is 2. The predicted molar refractivity (Wildman–Crippen MR) is 32.8 cm³/mol. The van der Waals surface area contributed by atoms with E-state index < -0.39 is 0 Å². The van der Waals surface area contributed by atoms with Gasteiger partial charge in [-0.25, -0.2) is 0 Å². The molecule has 0 aliphatic carbocycles. The fourth-order valence-corrected chi connectivity index (χ4v) is 1.76. The molecule has 1 aromatic rings. The molecule has 0 unspecified atom stereocenters. The Balaban J connectivity index is 3.08. The summed E-state index contributed by atoms with van der Waals surface area (Å²) in [5.41, 5.74) is 0.631. The Bertz CT molecular complexity index is 258. The van der Waals surface area contributed by atoms with Crippen molar-refractivity contribution < 1.29 is 0 Å². The summed E-state index contributed by atoms with van der Waals surface area (Å²) >= 11 is 0.125. The van der Waals surface area contributed by atoms with Crippen molar-refractivity contribution in [2.75, 3.05) is 0 Å². The summed E-state index contributed by atoms with van der Waals surface area (Å²) in [6.07, 6.45) is 0. The standard InChI is InChI=1S/C6H2N2Se/c7-2-5-1-6(3-8)9-4-5/h1,4H. The first-order chi connectivity index (χ1) is 4.36. The number of nitriles is 2. The van der Waals surface area contributed by atoms with Crippen LogP contribution in [0.5, 0.6) is 0 Å². The summed E-state index contributed by atoms with van der Waals surface area (Å²) in [5.74, 6) is 0. The van der Waals surface area contributed by atoms with Crippen LogP contribution in [0.1, 0.15) is 10.0 Å². The molecule has 0 radical (unpaired) electrons. The molecule has 1 rings (SSSR count). The second kappa shape index (κ2) is 2.51. The van der Waals surface area contributed by atoms with Gasteiger partial charge in [-0.3, -0.25) is 0 Å². The molecule has 0 atom stereocenters. The Morgan fingerprint density at radius 1 is 1.33 bits per heavy atom.